The normalized spacial score (nSPS) is 7.09. The van der Waals surface area contributed by atoms with Gasteiger partial charge in [0.2, 0.25) is 0 Å². The van der Waals surface area contributed by atoms with Gasteiger partial charge in [0.1, 0.15) is 12.2 Å². The van der Waals surface area contributed by atoms with Gasteiger partial charge in [-0.15, -0.1) is 0 Å². The average molecular weight is 157 g/mol. The van der Waals surface area contributed by atoms with Crippen molar-refractivity contribution in [1.29, 1.82) is 0 Å². The molecule has 0 atom stereocenters. The second-order valence-electron chi connectivity index (χ2n) is 1.47. The molecule has 1 heterocycles. The lowest BCUT2D eigenvalue weighted by molar-refractivity contribution is 0.756. The second kappa shape index (κ2) is 9.14. The highest BCUT2D eigenvalue weighted by molar-refractivity contribution is 4.72. The smallest absolute Gasteiger partial charge is 0.147 e. The van der Waals surface area contributed by atoms with Gasteiger partial charge in [-0.1, -0.05) is 27.7 Å². The predicted molar refractivity (Wildman–Crippen MR) is 48.4 cm³/mol. The van der Waals surface area contributed by atoms with Crippen LogP contribution in [0.15, 0.2) is 6.33 Å². The van der Waals surface area contributed by atoms with Crippen LogP contribution in [0.4, 0.5) is 0 Å². The summed E-state index contributed by atoms with van der Waals surface area (Å²) < 4.78 is 1.68. The summed E-state index contributed by atoms with van der Waals surface area (Å²) in [5, 5.41) is 3.92. The molecule has 1 aromatic rings. The molecule has 0 radical (unpaired) electrons. The Morgan fingerprint density at radius 2 is 1.64 bits per heavy atom. The SMILES string of the molecule is CC.CC.Cc1ncn(C)n1. The molecular formula is C8H19N3. The van der Waals surface area contributed by atoms with Gasteiger partial charge in [0, 0.05) is 7.05 Å². The first-order valence-electron chi connectivity index (χ1n) is 4.11. The summed E-state index contributed by atoms with van der Waals surface area (Å²) in [6.07, 6.45) is 1.68. The van der Waals surface area contributed by atoms with E-state index in [1.54, 1.807) is 11.0 Å². The maximum atomic E-state index is 3.92. The van der Waals surface area contributed by atoms with E-state index >= 15 is 0 Å². The van der Waals surface area contributed by atoms with Crippen LogP contribution in [0, 0.1) is 6.92 Å². The van der Waals surface area contributed by atoms with E-state index in [1.807, 2.05) is 41.7 Å². The minimum absolute atomic E-state index is 0.822. The molecule has 0 bridgehead atoms. The molecule has 0 aliphatic rings. The Labute approximate surface area is 69.5 Å². The Hall–Kier alpha value is -0.860. The average Bonchev–Trinajstić information content (AvgIpc) is 2.43. The second-order valence-corrected chi connectivity index (χ2v) is 1.47. The van der Waals surface area contributed by atoms with Crippen molar-refractivity contribution >= 4 is 0 Å². The molecule has 1 rings (SSSR count). The molecule has 0 unspecified atom stereocenters. The quantitative estimate of drug-likeness (QED) is 0.578. The Kier molecular flexibility index (Phi) is 10.6. The third kappa shape index (κ3) is 7.03. The Morgan fingerprint density at radius 3 is 1.73 bits per heavy atom. The van der Waals surface area contributed by atoms with Gasteiger partial charge in [0.05, 0.1) is 0 Å². The van der Waals surface area contributed by atoms with Gasteiger partial charge in [0.15, 0.2) is 0 Å². The maximum absolute atomic E-state index is 3.92. The minimum atomic E-state index is 0.822. The molecule has 1 aromatic heterocycles. The molecule has 0 aromatic carbocycles. The molecule has 11 heavy (non-hydrogen) atoms. The van der Waals surface area contributed by atoms with Crippen LogP contribution in [0.1, 0.15) is 33.5 Å². The van der Waals surface area contributed by atoms with E-state index in [4.69, 9.17) is 0 Å². The molecule has 0 aliphatic carbocycles. The van der Waals surface area contributed by atoms with Crippen molar-refractivity contribution in [3.05, 3.63) is 12.2 Å². The van der Waals surface area contributed by atoms with E-state index in [9.17, 15) is 0 Å². The molecule has 0 saturated heterocycles. The highest BCUT2D eigenvalue weighted by atomic mass is 15.3. The van der Waals surface area contributed by atoms with Gasteiger partial charge in [-0.2, -0.15) is 5.10 Å². The summed E-state index contributed by atoms with van der Waals surface area (Å²) in [6, 6.07) is 0. The lowest BCUT2D eigenvalue weighted by Crippen LogP contribution is -1.86. The van der Waals surface area contributed by atoms with Crippen LogP contribution in [-0.4, -0.2) is 14.8 Å². The molecule has 0 spiro atoms. The molecule has 0 N–H and O–H groups in total. The Balaban J connectivity index is 0. The topological polar surface area (TPSA) is 30.7 Å². The third-order valence-corrected chi connectivity index (χ3v) is 0.714. The van der Waals surface area contributed by atoms with Gasteiger partial charge in [-0.25, -0.2) is 4.98 Å². The fraction of sp³-hybridized carbons (Fsp3) is 0.750. The first-order valence-corrected chi connectivity index (χ1v) is 4.11. The van der Waals surface area contributed by atoms with Crippen LogP contribution >= 0.6 is 0 Å². The fourth-order valence-electron chi connectivity index (χ4n) is 0.447. The van der Waals surface area contributed by atoms with Crippen LogP contribution in [0.3, 0.4) is 0 Å². The Bertz CT molecular complexity index is 142. The van der Waals surface area contributed by atoms with Gasteiger partial charge >= 0.3 is 0 Å². The summed E-state index contributed by atoms with van der Waals surface area (Å²) in [5.41, 5.74) is 0. The van der Waals surface area contributed by atoms with E-state index in [2.05, 4.69) is 10.1 Å². The van der Waals surface area contributed by atoms with Crippen molar-refractivity contribution in [2.45, 2.75) is 34.6 Å². The van der Waals surface area contributed by atoms with Crippen LogP contribution in [0.5, 0.6) is 0 Å². The molecule has 3 heteroatoms. The third-order valence-electron chi connectivity index (χ3n) is 0.714. The summed E-state index contributed by atoms with van der Waals surface area (Å²) in [4.78, 5) is 3.87. The molecule has 0 amide bonds. The van der Waals surface area contributed by atoms with E-state index in [-0.39, 0.29) is 0 Å². The highest BCUT2D eigenvalue weighted by Crippen LogP contribution is 1.79. The van der Waals surface area contributed by atoms with E-state index in [1.165, 1.54) is 0 Å². The van der Waals surface area contributed by atoms with Crippen molar-refractivity contribution in [2.24, 2.45) is 7.05 Å². The monoisotopic (exact) mass is 157 g/mol. The predicted octanol–water partition coefficient (Wildman–Crippen LogP) is 2.18. The first kappa shape index (κ1) is 12.8. The lowest BCUT2D eigenvalue weighted by Gasteiger charge is -1.76. The van der Waals surface area contributed by atoms with Crippen molar-refractivity contribution in [1.82, 2.24) is 14.8 Å². The zero-order chi connectivity index (χ0) is 9.28. The van der Waals surface area contributed by atoms with E-state index < -0.39 is 0 Å². The van der Waals surface area contributed by atoms with Gasteiger partial charge in [-0.3, -0.25) is 4.68 Å². The van der Waals surface area contributed by atoms with Crippen molar-refractivity contribution in [3.63, 3.8) is 0 Å². The van der Waals surface area contributed by atoms with Crippen LogP contribution < -0.4 is 0 Å². The highest BCUT2D eigenvalue weighted by Gasteiger charge is 1.83. The zero-order valence-electron chi connectivity index (χ0n) is 8.42. The number of aryl methyl sites for hydroxylation is 2. The van der Waals surface area contributed by atoms with Gasteiger partial charge < -0.3 is 0 Å². The number of aromatic nitrogens is 3. The number of rotatable bonds is 0. The molecule has 0 aliphatic heterocycles. The van der Waals surface area contributed by atoms with Crippen molar-refractivity contribution < 1.29 is 0 Å². The fourth-order valence-corrected chi connectivity index (χ4v) is 0.447. The summed E-state index contributed by atoms with van der Waals surface area (Å²) in [5.74, 6) is 0.822. The summed E-state index contributed by atoms with van der Waals surface area (Å²) in [6.45, 7) is 9.86. The molecule has 0 fully saturated rings. The van der Waals surface area contributed by atoms with Crippen LogP contribution in [0.25, 0.3) is 0 Å². The van der Waals surface area contributed by atoms with E-state index in [0.29, 0.717) is 0 Å². The lowest BCUT2D eigenvalue weighted by atomic mass is 10.8. The summed E-state index contributed by atoms with van der Waals surface area (Å²) >= 11 is 0. The van der Waals surface area contributed by atoms with Crippen LogP contribution in [-0.2, 0) is 7.05 Å². The van der Waals surface area contributed by atoms with Gasteiger partial charge in [0.25, 0.3) is 0 Å². The van der Waals surface area contributed by atoms with Crippen molar-refractivity contribution in [2.75, 3.05) is 0 Å². The largest absolute Gasteiger partial charge is 0.256 e. The molecule has 3 nitrogen and oxygen atoms in total. The van der Waals surface area contributed by atoms with Crippen molar-refractivity contribution in [3.8, 4) is 0 Å². The minimum Gasteiger partial charge on any atom is -0.256 e. The van der Waals surface area contributed by atoms with Crippen LogP contribution in [0.2, 0.25) is 0 Å². The molecule has 66 valence electrons. The maximum Gasteiger partial charge on any atom is 0.147 e. The number of hydrogen-bond acceptors (Lipinski definition) is 2. The number of nitrogens with zero attached hydrogens (tertiary/aromatic N) is 3. The summed E-state index contributed by atoms with van der Waals surface area (Å²) in [7, 11) is 1.85. The first-order chi connectivity index (χ1) is 5.29. The molecular weight excluding hydrogens is 138 g/mol. The molecule has 0 saturated carbocycles. The Morgan fingerprint density at radius 1 is 1.18 bits per heavy atom. The zero-order valence-corrected chi connectivity index (χ0v) is 8.42. The standard InChI is InChI=1S/C4H7N3.2C2H6/c1-4-5-3-7(2)6-4;2*1-2/h3H,1-2H3;2*1-2H3. The van der Waals surface area contributed by atoms with Gasteiger partial charge in [-0.05, 0) is 6.92 Å². The van der Waals surface area contributed by atoms with E-state index in [0.717, 1.165) is 5.82 Å². The number of hydrogen-bond donors (Lipinski definition) is 0.